The smallest absolute Gasteiger partial charge is 0.342 e. The van der Waals surface area contributed by atoms with Crippen LogP contribution in [0.2, 0.25) is 0 Å². The summed E-state index contributed by atoms with van der Waals surface area (Å²) in [6, 6.07) is 10.3. The third-order valence-corrected chi connectivity index (χ3v) is 3.60. The topological polar surface area (TPSA) is 79.7 Å². The van der Waals surface area contributed by atoms with Gasteiger partial charge >= 0.3 is 5.97 Å². The standard InChI is InChI=1S/C17H15NO4/c19-15-6-3-4-12-7-8-17(21,10-14(12)15)16(20)22-11-13-5-1-2-9-18-13/h1-9,19,21H,10-11H2. The molecule has 1 aliphatic rings. The first-order valence-corrected chi connectivity index (χ1v) is 6.88. The summed E-state index contributed by atoms with van der Waals surface area (Å²) < 4.78 is 5.14. The van der Waals surface area contributed by atoms with E-state index >= 15 is 0 Å². The number of esters is 1. The van der Waals surface area contributed by atoms with E-state index in [0.29, 0.717) is 11.3 Å². The van der Waals surface area contributed by atoms with E-state index in [0.717, 1.165) is 5.56 Å². The molecule has 0 spiro atoms. The Morgan fingerprint density at radius 2 is 2.14 bits per heavy atom. The molecule has 2 aromatic rings. The number of nitrogens with zero attached hydrogens (tertiary/aromatic N) is 1. The molecule has 2 N–H and O–H groups in total. The van der Waals surface area contributed by atoms with Crippen LogP contribution in [0.5, 0.6) is 5.75 Å². The van der Waals surface area contributed by atoms with E-state index in [4.69, 9.17) is 4.74 Å². The van der Waals surface area contributed by atoms with E-state index < -0.39 is 11.6 Å². The van der Waals surface area contributed by atoms with E-state index in [1.54, 1.807) is 36.5 Å². The van der Waals surface area contributed by atoms with Crippen molar-refractivity contribution >= 4 is 12.0 Å². The molecule has 1 aromatic heterocycles. The van der Waals surface area contributed by atoms with Crippen LogP contribution >= 0.6 is 0 Å². The lowest BCUT2D eigenvalue weighted by atomic mass is 9.85. The van der Waals surface area contributed by atoms with Crippen LogP contribution in [-0.4, -0.2) is 26.8 Å². The number of phenols is 1. The molecule has 112 valence electrons. The van der Waals surface area contributed by atoms with Crippen molar-refractivity contribution in [1.82, 2.24) is 4.98 Å². The third kappa shape index (κ3) is 2.71. The second kappa shape index (κ2) is 5.61. The SMILES string of the molecule is O=C(OCc1ccccn1)C1(O)C=Cc2cccc(O)c2C1. The number of hydrogen-bond donors (Lipinski definition) is 2. The average molecular weight is 297 g/mol. The Hall–Kier alpha value is -2.66. The van der Waals surface area contributed by atoms with E-state index in [2.05, 4.69) is 4.98 Å². The van der Waals surface area contributed by atoms with Gasteiger partial charge in [-0.2, -0.15) is 0 Å². The Kier molecular flexibility index (Phi) is 3.65. The van der Waals surface area contributed by atoms with Crippen LogP contribution in [0, 0.1) is 0 Å². The molecular weight excluding hydrogens is 282 g/mol. The monoisotopic (exact) mass is 297 g/mol. The number of pyridine rings is 1. The minimum Gasteiger partial charge on any atom is -0.508 e. The fraction of sp³-hybridized carbons (Fsp3) is 0.176. The highest BCUT2D eigenvalue weighted by Crippen LogP contribution is 2.32. The second-order valence-electron chi connectivity index (χ2n) is 5.18. The summed E-state index contributed by atoms with van der Waals surface area (Å²) in [5, 5.41) is 20.4. The highest BCUT2D eigenvalue weighted by molar-refractivity contribution is 5.85. The molecule has 1 aliphatic carbocycles. The quantitative estimate of drug-likeness (QED) is 0.845. The number of aliphatic hydroxyl groups is 1. The minimum absolute atomic E-state index is 0.0105. The molecule has 1 heterocycles. The molecule has 0 saturated carbocycles. The summed E-state index contributed by atoms with van der Waals surface area (Å²) >= 11 is 0. The molecule has 5 nitrogen and oxygen atoms in total. The van der Waals surface area contributed by atoms with Gasteiger partial charge in [0.25, 0.3) is 0 Å². The van der Waals surface area contributed by atoms with Gasteiger partial charge in [-0.25, -0.2) is 4.79 Å². The van der Waals surface area contributed by atoms with Crippen LogP contribution < -0.4 is 0 Å². The van der Waals surface area contributed by atoms with Crippen LogP contribution in [0.15, 0.2) is 48.7 Å². The van der Waals surface area contributed by atoms with Crippen molar-refractivity contribution in [2.24, 2.45) is 0 Å². The van der Waals surface area contributed by atoms with Crippen LogP contribution in [0.25, 0.3) is 6.08 Å². The minimum atomic E-state index is -1.78. The zero-order chi connectivity index (χ0) is 15.6. The predicted octanol–water partition coefficient (Wildman–Crippen LogP) is 1.83. The molecule has 1 aromatic carbocycles. The first-order valence-electron chi connectivity index (χ1n) is 6.88. The third-order valence-electron chi connectivity index (χ3n) is 3.60. The van der Waals surface area contributed by atoms with Crippen LogP contribution in [0.3, 0.4) is 0 Å². The van der Waals surface area contributed by atoms with Gasteiger partial charge in [0.15, 0.2) is 5.60 Å². The summed E-state index contributed by atoms with van der Waals surface area (Å²) in [5.74, 6) is -0.707. The number of benzene rings is 1. The zero-order valence-corrected chi connectivity index (χ0v) is 11.8. The molecular formula is C17H15NO4. The molecule has 0 saturated heterocycles. The molecule has 22 heavy (non-hydrogen) atoms. The molecule has 0 radical (unpaired) electrons. The fourth-order valence-electron chi connectivity index (χ4n) is 2.39. The summed E-state index contributed by atoms with van der Waals surface area (Å²) in [7, 11) is 0. The first kappa shape index (κ1) is 14.3. The number of carbonyl (C=O) groups excluding carboxylic acids is 1. The van der Waals surface area contributed by atoms with E-state index in [1.165, 1.54) is 12.1 Å². The fourth-order valence-corrected chi connectivity index (χ4v) is 2.39. The lowest BCUT2D eigenvalue weighted by Gasteiger charge is -2.27. The summed E-state index contributed by atoms with van der Waals surface area (Å²) in [4.78, 5) is 16.2. The number of aromatic hydroxyl groups is 1. The number of carbonyl (C=O) groups is 1. The largest absolute Gasteiger partial charge is 0.508 e. The Morgan fingerprint density at radius 1 is 1.27 bits per heavy atom. The Morgan fingerprint density at radius 3 is 2.91 bits per heavy atom. The van der Waals surface area contributed by atoms with Crippen molar-refractivity contribution < 1.29 is 19.7 Å². The molecule has 1 atom stereocenters. The van der Waals surface area contributed by atoms with Crippen molar-refractivity contribution in [3.63, 3.8) is 0 Å². The maximum Gasteiger partial charge on any atom is 0.342 e. The van der Waals surface area contributed by atoms with Crippen molar-refractivity contribution in [2.45, 2.75) is 18.6 Å². The van der Waals surface area contributed by atoms with Gasteiger partial charge in [-0.1, -0.05) is 24.3 Å². The molecule has 0 bridgehead atoms. The van der Waals surface area contributed by atoms with Gasteiger partial charge in [0.1, 0.15) is 12.4 Å². The van der Waals surface area contributed by atoms with Gasteiger partial charge < -0.3 is 14.9 Å². The molecule has 3 rings (SSSR count). The van der Waals surface area contributed by atoms with Crippen LogP contribution in [0.4, 0.5) is 0 Å². The van der Waals surface area contributed by atoms with Crippen molar-refractivity contribution in [2.75, 3.05) is 0 Å². The number of phenolic OH excluding ortho intramolecular Hbond substituents is 1. The normalized spacial score (nSPS) is 19.5. The first-order chi connectivity index (χ1) is 10.6. The predicted molar refractivity (Wildman–Crippen MR) is 79.8 cm³/mol. The van der Waals surface area contributed by atoms with Gasteiger partial charge in [-0.3, -0.25) is 4.98 Å². The summed E-state index contributed by atoms with van der Waals surface area (Å²) in [6.45, 7) is -0.0105. The molecule has 5 heteroatoms. The van der Waals surface area contributed by atoms with Gasteiger partial charge in [-0.15, -0.1) is 0 Å². The van der Waals surface area contributed by atoms with Gasteiger partial charge in [0.05, 0.1) is 5.69 Å². The van der Waals surface area contributed by atoms with E-state index in [-0.39, 0.29) is 18.8 Å². The van der Waals surface area contributed by atoms with Crippen molar-refractivity contribution in [1.29, 1.82) is 0 Å². The number of rotatable bonds is 3. The molecule has 0 fully saturated rings. The maximum atomic E-state index is 12.2. The Labute approximate surface area is 127 Å². The highest BCUT2D eigenvalue weighted by atomic mass is 16.5. The van der Waals surface area contributed by atoms with E-state index in [1.807, 2.05) is 6.07 Å². The molecule has 1 unspecified atom stereocenters. The van der Waals surface area contributed by atoms with Gasteiger partial charge in [-0.05, 0) is 29.8 Å². The molecule has 0 amide bonds. The summed E-state index contributed by atoms with van der Waals surface area (Å²) in [6.07, 6.45) is 4.59. The lowest BCUT2D eigenvalue weighted by molar-refractivity contribution is -0.162. The van der Waals surface area contributed by atoms with Gasteiger partial charge in [0, 0.05) is 18.2 Å². The van der Waals surface area contributed by atoms with Gasteiger partial charge in [0.2, 0.25) is 0 Å². The van der Waals surface area contributed by atoms with Crippen molar-refractivity contribution in [3.8, 4) is 5.75 Å². The molecule has 0 aliphatic heterocycles. The van der Waals surface area contributed by atoms with E-state index in [9.17, 15) is 15.0 Å². The van der Waals surface area contributed by atoms with Crippen LogP contribution in [0.1, 0.15) is 16.8 Å². The number of fused-ring (bicyclic) bond motifs is 1. The highest BCUT2D eigenvalue weighted by Gasteiger charge is 2.38. The number of aromatic nitrogens is 1. The Balaban J connectivity index is 1.74. The number of ether oxygens (including phenoxy) is 1. The number of hydrogen-bond acceptors (Lipinski definition) is 5. The van der Waals surface area contributed by atoms with Crippen LogP contribution in [-0.2, 0) is 22.6 Å². The Bertz CT molecular complexity index is 727. The summed E-state index contributed by atoms with van der Waals surface area (Å²) in [5.41, 5.74) is 0.132. The second-order valence-corrected chi connectivity index (χ2v) is 5.18. The zero-order valence-electron chi connectivity index (χ0n) is 11.8. The maximum absolute atomic E-state index is 12.2. The average Bonchev–Trinajstić information content (AvgIpc) is 2.54. The lowest BCUT2D eigenvalue weighted by Crippen LogP contribution is -2.41. The van der Waals surface area contributed by atoms with Crippen molar-refractivity contribution in [3.05, 3.63) is 65.5 Å².